The van der Waals surface area contributed by atoms with Crippen LogP contribution < -0.4 is 5.73 Å². The lowest BCUT2D eigenvalue weighted by molar-refractivity contribution is 0.309. The van der Waals surface area contributed by atoms with Gasteiger partial charge in [-0.1, -0.05) is 43.6 Å². The SMILES string of the molecule is CC1CN(CCC(N)c2ccccc2Cl)CC1C. The molecule has 2 N–H and O–H groups in total. The summed E-state index contributed by atoms with van der Waals surface area (Å²) < 4.78 is 0. The predicted octanol–water partition coefficient (Wildman–Crippen LogP) is 3.32. The number of nitrogens with two attached hydrogens (primary N) is 1. The van der Waals surface area contributed by atoms with Gasteiger partial charge in [-0.05, 0) is 36.4 Å². The summed E-state index contributed by atoms with van der Waals surface area (Å²) in [5, 5.41) is 0.785. The van der Waals surface area contributed by atoms with Crippen LogP contribution in [0.1, 0.15) is 31.9 Å². The van der Waals surface area contributed by atoms with Crippen LogP contribution in [-0.4, -0.2) is 24.5 Å². The van der Waals surface area contributed by atoms with E-state index in [1.807, 2.05) is 24.3 Å². The fourth-order valence-electron chi connectivity index (χ4n) is 2.68. The van der Waals surface area contributed by atoms with Gasteiger partial charge in [-0.2, -0.15) is 0 Å². The van der Waals surface area contributed by atoms with E-state index in [9.17, 15) is 0 Å². The van der Waals surface area contributed by atoms with Crippen LogP contribution in [0.25, 0.3) is 0 Å². The van der Waals surface area contributed by atoms with E-state index in [1.165, 1.54) is 13.1 Å². The van der Waals surface area contributed by atoms with Crippen molar-refractivity contribution >= 4 is 11.6 Å². The highest BCUT2D eigenvalue weighted by Crippen LogP contribution is 2.26. The normalized spacial score (nSPS) is 26.4. The maximum atomic E-state index is 6.23. The lowest BCUT2D eigenvalue weighted by atomic mass is 10.0. The third-order valence-electron chi connectivity index (χ3n) is 4.12. The molecule has 0 amide bonds. The van der Waals surface area contributed by atoms with Gasteiger partial charge in [0.1, 0.15) is 0 Å². The molecule has 3 unspecified atom stereocenters. The van der Waals surface area contributed by atoms with E-state index < -0.39 is 0 Å². The summed E-state index contributed by atoms with van der Waals surface area (Å²) in [4.78, 5) is 2.52. The Hall–Kier alpha value is -0.570. The van der Waals surface area contributed by atoms with E-state index in [0.29, 0.717) is 0 Å². The number of hydrogen-bond donors (Lipinski definition) is 1. The third-order valence-corrected chi connectivity index (χ3v) is 4.47. The molecule has 1 saturated heterocycles. The minimum atomic E-state index is 0.0462. The first-order valence-corrected chi connectivity index (χ1v) is 7.18. The molecule has 2 nitrogen and oxygen atoms in total. The van der Waals surface area contributed by atoms with Crippen molar-refractivity contribution in [2.45, 2.75) is 26.3 Å². The molecule has 1 heterocycles. The summed E-state index contributed by atoms with van der Waals surface area (Å²) in [6.07, 6.45) is 0.975. The number of hydrogen-bond acceptors (Lipinski definition) is 2. The van der Waals surface area contributed by atoms with Gasteiger partial charge in [0.05, 0.1) is 0 Å². The highest BCUT2D eigenvalue weighted by atomic mass is 35.5. The monoisotopic (exact) mass is 266 g/mol. The van der Waals surface area contributed by atoms with Crippen molar-refractivity contribution < 1.29 is 0 Å². The van der Waals surface area contributed by atoms with Crippen LogP contribution >= 0.6 is 11.6 Å². The van der Waals surface area contributed by atoms with Crippen LogP contribution in [0, 0.1) is 11.8 Å². The van der Waals surface area contributed by atoms with Gasteiger partial charge in [0, 0.05) is 24.2 Å². The largest absolute Gasteiger partial charge is 0.324 e. The minimum absolute atomic E-state index is 0.0462. The Kier molecular flexibility index (Phi) is 4.66. The summed E-state index contributed by atoms with van der Waals surface area (Å²) in [5.74, 6) is 1.61. The van der Waals surface area contributed by atoms with E-state index in [1.54, 1.807) is 0 Å². The zero-order valence-corrected chi connectivity index (χ0v) is 12.0. The summed E-state index contributed by atoms with van der Waals surface area (Å²) >= 11 is 6.17. The van der Waals surface area contributed by atoms with Crippen molar-refractivity contribution in [1.29, 1.82) is 0 Å². The van der Waals surface area contributed by atoms with E-state index in [4.69, 9.17) is 17.3 Å². The number of nitrogens with zero attached hydrogens (tertiary/aromatic N) is 1. The minimum Gasteiger partial charge on any atom is -0.324 e. The van der Waals surface area contributed by atoms with Crippen molar-refractivity contribution in [3.63, 3.8) is 0 Å². The van der Waals surface area contributed by atoms with Gasteiger partial charge in [0.25, 0.3) is 0 Å². The molecule has 0 saturated carbocycles. The smallest absolute Gasteiger partial charge is 0.0453 e. The summed E-state index contributed by atoms with van der Waals surface area (Å²) in [5.41, 5.74) is 7.30. The highest BCUT2D eigenvalue weighted by molar-refractivity contribution is 6.31. The quantitative estimate of drug-likeness (QED) is 0.906. The molecular weight excluding hydrogens is 244 g/mol. The average molecular weight is 267 g/mol. The number of halogens is 1. The second kappa shape index (κ2) is 6.05. The molecule has 18 heavy (non-hydrogen) atoms. The first-order valence-electron chi connectivity index (χ1n) is 6.80. The third kappa shape index (κ3) is 3.25. The van der Waals surface area contributed by atoms with Crippen molar-refractivity contribution in [3.8, 4) is 0 Å². The maximum Gasteiger partial charge on any atom is 0.0453 e. The van der Waals surface area contributed by atoms with Crippen LogP contribution in [0.2, 0.25) is 5.02 Å². The summed E-state index contributed by atoms with van der Waals surface area (Å²) in [6.45, 7) is 8.14. The van der Waals surface area contributed by atoms with Crippen LogP contribution in [0.15, 0.2) is 24.3 Å². The molecule has 2 rings (SSSR count). The molecule has 1 aromatic carbocycles. The number of likely N-dealkylation sites (tertiary alicyclic amines) is 1. The molecule has 0 spiro atoms. The van der Waals surface area contributed by atoms with Gasteiger partial charge < -0.3 is 10.6 Å². The van der Waals surface area contributed by atoms with Crippen molar-refractivity contribution in [1.82, 2.24) is 4.90 Å². The molecule has 0 bridgehead atoms. The van der Waals surface area contributed by atoms with Gasteiger partial charge >= 0.3 is 0 Å². The van der Waals surface area contributed by atoms with Crippen molar-refractivity contribution in [3.05, 3.63) is 34.9 Å². The molecular formula is C15H23ClN2. The Labute approximate surface area is 115 Å². The van der Waals surface area contributed by atoms with E-state index in [-0.39, 0.29) is 6.04 Å². The van der Waals surface area contributed by atoms with Gasteiger partial charge in [0.15, 0.2) is 0 Å². The standard InChI is InChI=1S/C15H23ClN2/c1-11-9-18(10-12(11)2)8-7-15(17)13-5-3-4-6-14(13)16/h3-6,11-12,15H,7-10,17H2,1-2H3. The Balaban J connectivity index is 1.86. The Morgan fingerprint density at radius 3 is 2.50 bits per heavy atom. The molecule has 100 valence electrons. The number of rotatable bonds is 4. The van der Waals surface area contributed by atoms with Gasteiger partial charge in [0.2, 0.25) is 0 Å². The van der Waals surface area contributed by atoms with E-state index in [2.05, 4.69) is 18.7 Å². The Morgan fingerprint density at radius 1 is 1.28 bits per heavy atom. The van der Waals surface area contributed by atoms with Crippen molar-refractivity contribution in [2.75, 3.05) is 19.6 Å². The molecule has 0 aliphatic carbocycles. The zero-order chi connectivity index (χ0) is 13.1. The zero-order valence-electron chi connectivity index (χ0n) is 11.3. The number of benzene rings is 1. The van der Waals surface area contributed by atoms with E-state index >= 15 is 0 Å². The molecule has 3 heteroatoms. The molecule has 1 aliphatic rings. The fourth-order valence-corrected chi connectivity index (χ4v) is 2.96. The maximum absolute atomic E-state index is 6.23. The van der Waals surface area contributed by atoms with E-state index in [0.717, 1.165) is 35.4 Å². The molecule has 1 fully saturated rings. The fraction of sp³-hybridized carbons (Fsp3) is 0.600. The van der Waals surface area contributed by atoms with Gasteiger partial charge in [-0.15, -0.1) is 0 Å². The highest BCUT2D eigenvalue weighted by Gasteiger charge is 2.25. The van der Waals surface area contributed by atoms with Gasteiger partial charge in [-0.25, -0.2) is 0 Å². The molecule has 0 radical (unpaired) electrons. The molecule has 3 atom stereocenters. The summed E-state index contributed by atoms with van der Waals surface area (Å²) in [7, 11) is 0. The lowest BCUT2D eigenvalue weighted by Gasteiger charge is -2.19. The van der Waals surface area contributed by atoms with Crippen LogP contribution in [0.3, 0.4) is 0 Å². The van der Waals surface area contributed by atoms with Crippen LogP contribution in [0.4, 0.5) is 0 Å². The molecule has 1 aromatic rings. The summed E-state index contributed by atoms with van der Waals surface area (Å²) in [6, 6.07) is 7.94. The van der Waals surface area contributed by atoms with Gasteiger partial charge in [-0.3, -0.25) is 0 Å². The topological polar surface area (TPSA) is 29.3 Å². The van der Waals surface area contributed by atoms with Crippen LogP contribution in [-0.2, 0) is 0 Å². The molecule has 0 aromatic heterocycles. The van der Waals surface area contributed by atoms with Crippen LogP contribution in [0.5, 0.6) is 0 Å². The Bertz CT molecular complexity index is 384. The van der Waals surface area contributed by atoms with Crippen molar-refractivity contribution in [2.24, 2.45) is 17.6 Å². The lowest BCUT2D eigenvalue weighted by Crippen LogP contribution is -2.25. The second-order valence-electron chi connectivity index (χ2n) is 5.63. The molecule has 1 aliphatic heterocycles. The predicted molar refractivity (Wildman–Crippen MR) is 77.8 cm³/mol. The second-order valence-corrected chi connectivity index (χ2v) is 6.04. The first-order chi connectivity index (χ1) is 8.58. The Morgan fingerprint density at radius 2 is 1.89 bits per heavy atom. The first kappa shape index (κ1) is 13.9. The average Bonchev–Trinajstić information content (AvgIpc) is 2.66.